The second kappa shape index (κ2) is 4.84. The number of oxazole rings is 1. The largest absolute Gasteiger partial charge is 0.417 e. The highest BCUT2D eigenvalue weighted by Crippen LogP contribution is 2.37. The lowest BCUT2D eigenvalue weighted by atomic mass is 10.3. The SMILES string of the molecule is CN(C)c1nnc(Sc2cc3[nH]c(=O)oc3cc2N)s1. The van der Waals surface area contributed by atoms with Gasteiger partial charge in [-0.05, 0) is 6.07 Å². The number of nitrogen functional groups attached to an aromatic ring is 1. The zero-order chi connectivity index (χ0) is 14.3. The molecule has 0 unspecified atom stereocenters. The Morgan fingerprint density at radius 3 is 2.90 bits per heavy atom. The van der Waals surface area contributed by atoms with Crippen LogP contribution in [0.5, 0.6) is 0 Å². The van der Waals surface area contributed by atoms with Crippen molar-refractivity contribution in [1.29, 1.82) is 0 Å². The van der Waals surface area contributed by atoms with E-state index in [-0.39, 0.29) is 0 Å². The summed E-state index contributed by atoms with van der Waals surface area (Å²) in [7, 11) is 3.82. The molecule has 3 aromatic rings. The first-order valence-corrected chi connectivity index (χ1v) is 7.27. The number of nitrogens with two attached hydrogens (primary N) is 1. The van der Waals surface area contributed by atoms with E-state index in [9.17, 15) is 4.79 Å². The van der Waals surface area contributed by atoms with E-state index < -0.39 is 5.76 Å². The normalized spacial score (nSPS) is 11.1. The third-order valence-electron chi connectivity index (χ3n) is 2.53. The molecule has 2 aromatic heterocycles. The predicted octanol–water partition coefficient (Wildman–Crippen LogP) is 1.77. The van der Waals surface area contributed by atoms with Crippen LogP contribution in [0.25, 0.3) is 11.1 Å². The summed E-state index contributed by atoms with van der Waals surface area (Å²) in [6.45, 7) is 0. The molecule has 1 aromatic carbocycles. The van der Waals surface area contributed by atoms with Crippen LogP contribution < -0.4 is 16.4 Å². The number of aromatic nitrogens is 3. The molecule has 0 atom stereocenters. The molecule has 0 aliphatic rings. The van der Waals surface area contributed by atoms with E-state index in [4.69, 9.17) is 10.2 Å². The van der Waals surface area contributed by atoms with Gasteiger partial charge in [-0.25, -0.2) is 4.79 Å². The molecule has 0 bridgehead atoms. The second-order valence-electron chi connectivity index (χ2n) is 4.25. The molecule has 0 saturated carbocycles. The van der Waals surface area contributed by atoms with Gasteiger partial charge in [0.1, 0.15) is 0 Å². The van der Waals surface area contributed by atoms with Crippen LogP contribution in [-0.4, -0.2) is 29.3 Å². The van der Waals surface area contributed by atoms with Gasteiger partial charge < -0.3 is 15.1 Å². The van der Waals surface area contributed by atoms with Crippen molar-refractivity contribution in [1.82, 2.24) is 15.2 Å². The minimum absolute atomic E-state index is 0.447. The minimum atomic E-state index is -0.493. The average Bonchev–Trinajstić information content (AvgIpc) is 2.95. The standard InChI is InChI=1S/C11H11N5O2S2/c1-16(2)9-14-15-11(20-9)19-8-4-6-7(3-5(8)12)18-10(17)13-6/h3-4H,12H2,1-2H3,(H,13,17). The summed E-state index contributed by atoms with van der Waals surface area (Å²) in [5, 5.41) is 8.99. The number of H-pyrrole nitrogens is 1. The highest BCUT2D eigenvalue weighted by molar-refractivity contribution is 8.01. The molecule has 0 aliphatic heterocycles. The molecule has 9 heteroatoms. The zero-order valence-electron chi connectivity index (χ0n) is 10.7. The first kappa shape index (κ1) is 13.0. The number of anilines is 2. The molecule has 0 amide bonds. The maximum atomic E-state index is 11.2. The van der Waals surface area contributed by atoms with Crippen LogP contribution in [0.15, 0.2) is 30.6 Å². The lowest BCUT2D eigenvalue weighted by molar-refractivity contribution is 0.555. The molecule has 0 spiro atoms. The molecule has 20 heavy (non-hydrogen) atoms. The zero-order valence-corrected chi connectivity index (χ0v) is 12.3. The number of hydrogen-bond acceptors (Lipinski definition) is 8. The van der Waals surface area contributed by atoms with Crippen molar-refractivity contribution in [3.63, 3.8) is 0 Å². The molecule has 0 saturated heterocycles. The van der Waals surface area contributed by atoms with Gasteiger partial charge in [0.25, 0.3) is 0 Å². The quantitative estimate of drug-likeness (QED) is 0.711. The first-order valence-electron chi connectivity index (χ1n) is 5.64. The second-order valence-corrected chi connectivity index (χ2v) is 6.49. The van der Waals surface area contributed by atoms with E-state index in [2.05, 4.69) is 15.2 Å². The third-order valence-corrected chi connectivity index (χ3v) is 4.74. The minimum Gasteiger partial charge on any atom is -0.408 e. The highest BCUT2D eigenvalue weighted by atomic mass is 32.2. The summed E-state index contributed by atoms with van der Waals surface area (Å²) in [4.78, 5) is 16.4. The van der Waals surface area contributed by atoms with Crippen molar-refractivity contribution < 1.29 is 4.42 Å². The molecular formula is C11H11N5O2S2. The highest BCUT2D eigenvalue weighted by Gasteiger charge is 2.12. The fraction of sp³-hybridized carbons (Fsp3) is 0.182. The van der Waals surface area contributed by atoms with Gasteiger partial charge in [0.2, 0.25) is 5.13 Å². The predicted molar refractivity (Wildman–Crippen MR) is 79.6 cm³/mol. The first-order chi connectivity index (χ1) is 9.52. The molecule has 0 fully saturated rings. The molecule has 0 aliphatic carbocycles. The Labute approximate surface area is 121 Å². The van der Waals surface area contributed by atoms with Crippen LogP contribution in [-0.2, 0) is 0 Å². The third kappa shape index (κ3) is 2.37. The smallest absolute Gasteiger partial charge is 0.408 e. The van der Waals surface area contributed by atoms with Gasteiger partial charge in [0.05, 0.1) is 5.52 Å². The Balaban J connectivity index is 1.96. The Morgan fingerprint density at radius 1 is 1.40 bits per heavy atom. The van der Waals surface area contributed by atoms with Crippen molar-refractivity contribution in [2.75, 3.05) is 24.7 Å². The summed E-state index contributed by atoms with van der Waals surface area (Å²) in [5.41, 5.74) is 7.56. The Bertz CT molecular complexity index is 820. The van der Waals surface area contributed by atoms with Gasteiger partial charge in [-0.1, -0.05) is 23.1 Å². The molecular weight excluding hydrogens is 298 g/mol. The van der Waals surface area contributed by atoms with Crippen LogP contribution in [0, 0.1) is 0 Å². The summed E-state index contributed by atoms with van der Waals surface area (Å²) < 4.78 is 5.74. The van der Waals surface area contributed by atoms with E-state index in [1.807, 2.05) is 19.0 Å². The summed E-state index contributed by atoms with van der Waals surface area (Å²) in [6.07, 6.45) is 0. The fourth-order valence-electron chi connectivity index (χ4n) is 1.60. The number of fused-ring (bicyclic) bond motifs is 1. The van der Waals surface area contributed by atoms with Crippen molar-refractivity contribution >= 4 is 45.0 Å². The van der Waals surface area contributed by atoms with Gasteiger partial charge in [-0.2, -0.15) is 0 Å². The Hall–Kier alpha value is -2.00. The molecule has 7 nitrogen and oxygen atoms in total. The number of hydrogen-bond donors (Lipinski definition) is 2. The van der Waals surface area contributed by atoms with E-state index in [1.54, 1.807) is 12.1 Å². The summed E-state index contributed by atoms with van der Waals surface area (Å²) >= 11 is 2.88. The summed E-state index contributed by atoms with van der Waals surface area (Å²) in [6, 6.07) is 3.40. The van der Waals surface area contributed by atoms with Gasteiger partial charge in [-0.15, -0.1) is 10.2 Å². The van der Waals surface area contributed by atoms with Gasteiger partial charge in [0.15, 0.2) is 9.92 Å². The van der Waals surface area contributed by atoms with Crippen LogP contribution in [0.1, 0.15) is 0 Å². The van der Waals surface area contributed by atoms with Gasteiger partial charge in [-0.3, -0.25) is 4.98 Å². The van der Waals surface area contributed by atoms with Crippen LogP contribution in [0.2, 0.25) is 0 Å². The fourth-order valence-corrected chi connectivity index (χ4v) is 3.39. The van der Waals surface area contributed by atoms with Crippen molar-refractivity contribution in [2.45, 2.75) is 9.24 Å². The number of nitrogens with zero attached hydrogens (tertiary/aromatic N) is 3. The Kier molecular flexibility index (Phi) is 3.14. The van der Waals surface area contributed by atoms with Crippen molar-refractivity contribution in [3.05, 3.63) is 22.7 Å². The van der Waals surface area contributed by atoms with Crippen LogP contribution in [0.3, 0.4) is 0 Å². The van der Waals surface area contributed by atoms with Crippen LogP contribution >= 0.6 is 23.1 Å². The van der Waals surface area contributed by atoms with E-state index >= 15 is 0 Å². The van der Waals surface area contributed by atoms with Crippen molar-refractivity contribution in [2.24, 2.45) is 0 Å². The topological polar surface area (TPSA) is 101 Å². The van der Waals surface area contributed by atoms with E-state index in [0.29, 0.717) is 16.8 Å². The molecule has 3 rings (SSSR count). The monoisotopic (exact) mass is 309 g/mol. The summed E-state index contributed by atoms with van der Waals surface area (Å²) in [5.74, 6) is -0.493. The Morgan fingerprint density at radius 2 is 2.20 bits per heavy atom. The van der Waals surface area contributed by atoms with Gasteiger partial charge >= 0.3 is 5.76 Å². The van der Waals surface area contributed by atoms with E-state index in [1.165, 1.54) is 23.1 Å². The number of benzene rings is 1. The van der Waals surface area contributed by atoms with E-state index in [0.717, 1.165) is 14.4 Å². The maximum absolute atomic E-state index is 11.2. The number of aromatic amines is 1. The van der Waals surface area contributed by atoms with Crippen molar-refractivity contribution in [3.8, 4) is 0 Å². The lowest BCUT2D eigenvalue weighted by Crippen LogP contribution is -2.07. The molecule has 104 valence electrons. The molecule has 2 heterocycles. The molecule has 3 N–H and O–H groups in total. The van der Waals surface area contributed by atoms with Gasteiger partial charge in [0, 0.05) is 30.7 Å². The number of rotatable bonds is 3. The average molecular weight is 309 g/mol. The lowest BCUT2D eigenvalue weighted by Gasteiger charge is -2.04. The molecule has 0 radical (unpaired) electrons. The maximum Gasteiger partial charge on any atom is 0.417 e. The number of nitrogens with one attached hydrogen (secondary N) is 1. The van der Waals surface area contributed by atoms with Crippen LogP contribution in [0.4, 0.5) is 10.8 Å².